The summed E-state index contributed by atoms with van der Waals surface area (Å²) in [6, 6.07) is 3.44. The fourth-order valence-corrected chi connectivity index (χ4v) is 3.57. The third-order valence-corrected chi connectivity index (χ3v) is 4.78. The van der Waals surface area contributed by atoms with Crippen molar-refractivity contribution in [2.75, 3.05) is 18.5 Å². The zero-order chi connectivity index (χ0) is 14.2. The van der Waals surface area contributed by atoms with Gasteiger partial charge >= 0.3 is 0 Å². The number of benzene rings is 1. The predicted molar refractivity (Wildman–Crippen MR) is 79.9 cm³/mol. The molecule has 0 saturated carbocycles. The number of nitrogens with one attached hydrogen (secondary N) is 1. The zero-order valence-electron chi connectivity index (χ0n) is 11.4. The van der Waals surface area contributed by atoms with Crippen LogP contribution in [-0.2, 0) is 0 Å². The van der Waals surface area contributed by atoms with Crippen molar-refractivity contribution in [2.24, 2.45) is 5.92 Å². The number of rotatable bonds is 2. The van der Waals surface area contributed by atoms with Crippen molar-refractivity contribution >= 4 is 28.9 Å². The molecule has 1 aliphatic heterocycles. The molecule has 5 heteroatoms. The molecule has 1 aromatic carbocycles. The van der Waals surface area contributed by atoms with Gasteiger partial charge in [-0.3, -0.25) is 0 Å². The molecule has 1 saturated heterocycles. The van der Waals surface area contributed by atoms with Crippen LogP contribution in [0.3, 0.4) is 0 Å². The van der Waals surface area contributed by atoms with Gasteiger partial charge in [-0.25, -0.2) is 4.39 Å². The van der Waals surface area contributed by atoms with Crippen molar-refractivity contribution in [1.29, 1.82) is 0 Å². The smallest absolute Gasteiger partial charge is 0.126 e. The molecular weight excluding hydrogens is 286 g/mol. The number of nitrogens with zero attached hydrogens (tertiary/aromatic N) is 1. The minimum absolute atomic E-state index is 0.298. The van der Waals surface area contributed by atoms with E-state index in [1.807, 2.05) is 7.05 Å². The predicted octanol–water partition coefficient (Wildman–Crippen LogP) is 3.96. The minimum Gasteiger partial charge on any atom is -0.366 e. The molecule has 0 amide bonds. The fraction of sp³-hybridized carbons (Fsp3) is 0.571. The Balaban J connectivity index is 2.33. The van der Waals surface area contributed by atoms with Gasteiger partial charge in [-0.2, -0.15) is 0 Å². The standard InChI is InChI=1S/C14H19Cl2FN2/c1-8-9(2)19(5-4-13(8)18-3)14-11(15)6-10(17)7-12(14)16/h6-9,13,18H,4-5H2,1-3H3. The van der Waals surface area contributed by atoms with Crippen LogP contribution >= 0.6 is 23.2 Å². The molecule has 2 nitrogen and oxygen atoms in total. The van der Waals surface area contributed by atoms with Crippen LogP contribution in [0.2, 0.25) is 10.0 Å². The normalized spacial score (nSPS) is 27.7. The van der Waals surface area contributed by atoms with Gasteiger partial charge < -0.3 is 10.2 Å². The van der Waals surface area contributed by atoms with Crippen molar-refractivity contribution in [2.45, 2.75) is 32.4 Å². The summed E-state index contributed by atoms with van der Waals surface area (Å²) in [6.07, 6.45) is 1.02. The summed E-state index contributed by atoms with van der Waals surface area (Å²) in [5.41, 5.74) is 0.749. The summed E-state index contributed by atoms with van der Waals surface area (Å²) in [5.74, 6) is 0.0699. The van der Waals surface area contributed by atoms with Gasteiger partial charge in [-0.05, 0) is 38.4 Å². The van der Waals surface area contributed by atoms with Crippen molar-refractivity contribution in [3.63, 3.8) is 0 Å². The summed E-state index contributed by atoms with van der Waals surface area (Å²) in [6.45, 7) is 5.23. The quantitative estimate of drug-likeness (QED) is 0.890. The first-order chi connectivity index (χ1) is 8.95. The number of hydrogen-bond donors (Lipinski definition) is 1. The minimum atomic E-state index is -0.399. The topological polar surface area (TPSA) is 15.3 Å². The maximum atomic E-state index is 13.3. The molecule has 2 rings (SSSR count). The largest absolute Gasteiger partial charge is 0.366 e. The van der Waals surface area contributed by atoms with Gasteiger partial charge in [0.05, 0.1) is 15.7 Å². The summed E-state index contributed by atoms with van der Waals surface area (Å²) < 4.78 is 13.3. The van der Waals surface area contributed by atoms with Gasteiger partial charge in [0.15, 0.2) is 0 Å². The molecule has 1 aliphatic rings. The highest BCUT2D eigenvalue weighted by molar-refractivity contribution is 6.39. The second-order valence-corrected chi connectivity index (χ2v) is 6.01. The maximum Gasteiger partial charge on any atom is 0.126 e. The van der Waals surface area contributed by atoms with Crippen molar-refractivity contribution in [3.05, 3.63) is 28.0 Å². The van der Waals surface area contributed by atoms with E-state index >= 15 is 0 Å². The Morgan fingerprint density at radius 1 is 1.26 bits per heavy atom. The van der Waals surface area contributed by atoms with E-state index in [-0.39, 0.29) is 0 Å². The summed E-state index contributed by atoms with van der Waals surface area (Å²) in [4.78, 5) is 2.18. The molecule has 0 bridgehead atoms. The molecular formula is C14H19Cl2FN2. The summed E-state index contributed by atoms with van der Waals surface area (Å²) >= 11 is 12.3. The lowest BCUT2D eigenvalue weighted by atomic mass is 9.87. The molecule has 3 atom stereocenters. The van der Waals surface area contributed by atoms with Crippen molar-refractivity contribution in [1.82, 2.24) is 5.32 Å². The van der Waals surface area contributed by atoms with Crippen LogP contribution in [0.5, 0.6) is 0 Å². The fourth-order valence-electron chi connectivity index (χ4n) is 2.90. The molecule has 1 N–H and O–H groups in total. The second-order valence-electron chi connectivity index (χ2n) is 5.19. The Hall–Kier alpha value is -0.510. The van der Waals surface area contributed by atoms with Gasteiger partial charge in [-0.1, -0.05) is 30.1 Å². The number of anilines is 1. The van der Waals surface area contributed by atoms with Crippen LogP contribution in [0.25, 0.3) is 0 Å². The van der Waals surface area contributed by atoms with Crippen molar-refractivity contribution in [3.8, 4) is 0 Å². The molecule has 1 aromatic rings. The summed E-state index contributed by atoms with van der Waals surface area (Å²) in [7, 11) is 1.99. The Morgan fingerprint density at radius 3 is 2.37 bits per heavy atom. The number of halogens is 3. The van der Waals surface area contributed by atoms with Crippen LogP contribution < -0.4 is 10.2 Å². The van der Waals surface area contributed by atoms with Gasteiger partial charge in [0.2, 0.25) is 0 Å². The van der Waals surface area contributed by atoms with E-state index in [0.717, 1.165) is 18.7 Å². The van der Waals surface area contributed by atoms with Gasteiger partial charge in [0, 0.05) is 18.6 Å². The highest BCUT2D eigenvalue weighted by atomic mass is 35.5. The molecule has 1 fully saturated rings. The van der Waals surface area contributed by atoms with E-state index in [1.165, 1.54) is 12.1 Å². The number of piperidine rings is 1. The molecule has 1 heterocycles. The number of hydrogen-bond acceptors (Lipinski definition) is 2. The Morgan fingerprint density at radius 2 is 1.84 bits per heavy atom. The average Bonchev–Trinajstić information content (AvgIpc) is 2.33. The van der Waals surface area contributed by atoms with Crippen LogP contribution in [-0.4, -0.2) is 25.7 Å². The lowest BCUT2D eigenvalue weighted by molar-refractivity contribution is 0.283. The molecule has 0 spiro atoms. The first-order valence-electron chi connectivity index (χ1n) is 6.54. The van der Waals surface area contributed by atoms with E-state index in [2.05, 4.69) is 24.1 Å². The van der Waals surface area contributed by atoms with Gasteiger partial charge in [0.1, 0.15) is 5.82 Å². The van der Waals surface area contributed by atoms with E-state index in [9.17, 15) is 4.39 Å². The molecule has 0 radical (unpaired) electrons. The molecule has 3 unspecified atom stereocenters. The first kappa shape index (κ1) is 14.9. The average molecular weight is 305 g/mol. The van der Waals surface area contributed by atoms with Crippen LogP contribution in [0.4, 0.5) is 10.1 Å². The summed E-state index contributed by atoms with van der Waals surface area (Å²) in [5, 5.41) is 4.10. The Labute approximate surface area is 123 Å². The SMILES string of the molecule is CNC1CCN(c2c(Cl)cc(F)cc2Cl)C(C)C1C. The van der Waals surface area contributed by atoms with Gasteiger partial charge in [-0.15, -0.1) is 0 Å². The van der Waals surface area contributed by atoms with Crippen molar-refractivity contribution < 1.29 is 4.39 Å². The second kappa shape index (κ2) is 5.86. The van der Waals surface area contributed by atoms with Gasteiger partial charge in [0.25, 0.3) is 0 Å². The molecule has 19 heavy (non-hydrogen) atoms. The molecule has 106 valence electrons. The van der Waals surface area contributed by atoms with Crippen LogP contribution in [0, 0.1) is 11.7 Å². The molecule has 0 aromatic heterocycles. The third kappa shape index (κ3) is 2.83. The van der Waals surface area contributed by atoms with Crippen LogP contribution in [0.15, 0.2) is 12.1 Å². The zero-order valence-corrected chi connectivity index (χ0v) is 12.9. The van der Waals surface area contributed by atoms with E-state index in [4.69, 9.17) is 23.2 Å². The van der Waals surface area contributed by atoms with Crippen LogP contribution in [0.1, 0.15) is 20.3 Å². The first-order valence-corrected chi connectivity index (χ1v) is 7.29. The van der Waals surface area contributed by atoms with E-state index < -0.39 is 5.82 Å². The highest BCUT2D eigenvalue weighted by Gasteiger charge is 2.33. The highest BCUT2D eigenvalue weighted by Crippen LogP contribution is 2.39. The third-order valence-electron chi connectivity index (χ3n) is 4.21. The lowest BCUT2D eigenvalue weighted by Gasteiger charge is -2.44. The monoisotopic (exact) mass is 304 g/mol. The van der Waals surface area contributed by atoms with E-state index in [0.29, 0.717) is 28.0 Å². The lowest BCUT2D eigenvalue weighted by Crippen LogP contribution is -2.53. The maximum absolute atomic E-state index is 13.3. The van der Waals surface area contributed by atoms with E-state index in [1.54, 1.807) is 0 Å². The Kier molecular flexibility index (Phi) is 4.59. The Bertz CT molecular complexity index is 444. The molecule has 0 aliphatic carbocycles.